The molecule has 0 aromatic carbocycles. The van der Waals surface area contributed by atoms with Crippen molar-refractivity contribution >= 4 is 11.8 Å². The summed E-state index contributed by atoms with van der Waals surface area (Å²) in [6.07, 6.45) is 14.8. The van der Waals surface area contributed by atoms with Crippen LogP contribution in [0.5, 0.6) is 0 Å². The number of hydrogen-bond donors (Lipinski definition) is 0. The van der Waals surface area contributed by atoms with Crippen LogP contribution in [0.3, 0.4) is 0 Å². The molecule has 20 heavy (non-hydrogen) atoms. The molecule has 0 saturated carbocycles. The van der Waals surface area contributed by atoms with Gasteiger partial charge >= 0.3 is 5.97 Å². The molecule has 0 aromatic rings. The van der Waals surface area contributed by atoms with Crippen LogP contribution in [0.1, 0.15) is 65.7 Å². The lowest BCUT2D eigenvalue weighted by Gasteiger charge is -2.11. The maximum Gasteiger partial charge on any atom is 0.302 e. The van der Waals surface area contributed by atoms with Crippen molar-refractivity contribution in [2.45, 2.75) is 71.8 Å². The highest BCUT2D eigenvalue weighted by atomic mass is 16.5. The van der Waals surface area contributed by atoms with E-state index in [1.54, 1.807) is 6.92 Å². The fraction of sp³-hybridized carbons (Fsp3) is 0.647. The highest BCUT2D eigenvalue weighted by Crippen LogP contribution is 2.06. The van der Waals surface area contributed by atoms with E-state index in [1.807, 2.05) is 25.2 Å². The molecule has 0 fully saturated rings. The summed E-state index contributed by atoms with van der Waals surface area (Å²) >= 11 is 0. The van der Waals surface area contributed by atoms with Crippen molar-refractivity contribution in [3.63, 3.8) is 0 Å². The number of Topliss-reactive ketones (excluding diaryl/α,β-unsaturated/α-hetero) is 1. The Kier molecular flexibility index (Phi) is 11.8. The summed E-state index contributed by atoms with van der Waals surface area (Å²) in [5.41, 5.74) is 0. The van der Waals surface area contributed by atoms with Gasteiger partial charge in [-0.1, -0.05) is 37.6 Å². The van der Waals surface area contributed by atoms with E-state index >= 15 is 0 Å². The summed E-state index contributed by atoms with van der Waals surface area (Å²) in [6.45, 7) is 5.10. The first-order valence-corrected chi connectivity index (χ1v) is 7.54. The van der Waals surface area contributed by atoms with Crippen molar-refractivity contribution < 1.29 is 14.3 Å². The van der Waals surface area contributed by atoms with Gasteiger partial charge in [0.05, 0.1) is 0 Å². The Balaban J connectivity index is 3.60. The molecule has 114 valence electrons. The maximum absolute atomic E-state index is 10.8. The number of esters is 1. The van der Waals surface area contributed by atoms with Crippen molar-refractivity contribution in [1.82, 2.24) is 0 Å². The van der Waals surface area contributed by atoms with Crippen LogP contribution in [0.25, 0.3) is 0 Å². The number of carbonyl (C=O) groups excluding carboxylic acids is 2. The van der Waals surface area contributed by atoms with Gasteiger partial charge in [-0.15, -0.1) is 0 Å². The van der Waals surface area contributed by atoms with E-state index in [9.17, 15) is 9.59 Å². The van der Waals surface area contributed by atoms with Crippen LogP contribution >= 0.6 is 0 Å². The highest BCUT2D eigenvalue weighted by molar-refractivity contribution is 5.75. The molecule has 3 heteroatoms. The molecule has 0 aromatic heterocycles. The van der Waals surface area contributed by atoms with Gasteiger partial charge in [0.2, 0.25) is 0 Å². The van der Waals surface area contributed by atoms with Gasteiger partial charge in [0, 0.05) is 19.8 Å². The maximum atomic E-state index is 10.8. The van der Waals surface area contributed by atoms with E-state index in [2.05, 4.69) is 6.08 Å². The fourth-order valence-corrected chi connectivity index (χ4v) is 1.83. The molecule has 0 heterocycles. The van der Waals surface area contributed by atoms with Crippen molar-refractivity contribution in [3.8, 4) is 0 Å². The molecule has 0 amide bonds. The monoisotopic (exact) mass is 280 g/mol. The Labute approximate surface area is 123 Å². The molecule has 0 spiro atoms. The minimum atomic E-state index is -0.216. The lowest BCUT2D eigenvalue weighted by molar-refractivity contribution is -0.146. The number of rotatable bonds is 11. The minimum absolute atomic E-state index is 0.0104. The Morgan fingerprint density at radius 3 is 2.35 bits per heavy atom. The molecule has 0 aliphatic carbocycles. The number of carbonyl (C=O) groups is 2. The van der Waals surface area contributed by atoms with Gasteiger partial charge < -0.3 is 9.53 Å². The molecule has 0 radical (unpaired) electrons. The van der Waals surface area contributed by atoms with Crippen molar-refractivity contribution in [1.29, 1.82) is 0 Å². The Morgan fingerprint density at radius 1 is 1.05 bits per heavy atom. The Bertz CT molecular complexity index is 329. The van der Waals surface area contributed by atoms with Gasteiger partial charge in [-0.05, 0) is 32.6 Å². The number of ketones is 1. The van der Waals surface area contributed by atoms with Crippen molar-refractivity contribution in [2.75, 3.05) is 0 Å². The second-order valence-electron chi connectivity index (χ2n) is 5.03. The molecule has 0 N–H and O–H groups in total. The van der Waals surface area contributed by atoms with Crippen LogP contribution < -0.4 is 0 Å². The minimum Gasteiger partial charge on any atom is -0.462 e. The topological polar surface area (TPSA) is 43.4 Å². The number of ether oxygens (including phenoxy) is 1. The van der Waals surface area contributed by atoms with E-state index in [0.717, 1.165) is 38.5 Å². The van der Waals surface area contributed by atoms with E-state index in [4.69, 9.17) is 4.74 Å². The van der Waals surface area contributed by atoms with Crippen LogP contribution in [0.4, 0.5) is 0 Å². The van der Waals surface area contributed by atoms with Crippen molar-refractivity contribution in [2.24, 2.45) is 0 Å². The van der Waals surface area contributed by atoms with Gasteiger partial charge in [-0.2, -0.15) is 0 Å². The van der Waals surface area contributed by atoms with Gasteiger partial charge in [-0.3, -0.25) is 4.79 Å². The lowest BCUT2D eigenvalue weighted by atomic mass is 10.1. The smallest absolute Gasteiger partial charge is 0.302 e. The zero-order valence-corrected chi connectivity index (χ0v) is 13.1. The molecule has 3 nitrogen and oxygen atoms in total. The van der Waals surface area contributed by atoms with Gasteiger partial charge in [0.25, 0.3) is 0 Å². The predicted octanol–water partition coefficient (Wildman–Crippen LogP) is 4.37. The molecule has 0 aliphatic heterocycles. The summed E-state index contributed by atoms with van der Waals surface area (Å²) in [6, 6.07) is 0. The Morgan fingerprint density at radius 2 is 1.75 bits per heavy atom. The second kappa shape index (κ2) is 12.6. The lowest BCUT2D eigenvalue weighted by Crippen LogP contribution is -2.13. The van der Waals surface area contributed by atoms with Crippen molar-refractivity contribution in [3.05, 3.63) is 24.3 Å². The SMILES string of the molecule is CCC(C/C=C/C=C/CCCCCC(C)=O)OC(C)=O. The largest absolute Gasteiger partial charge is 0.462 e. The first-order chi connectivity index (χ1) is 9.56. The Hall–Kier alpha value is -1.38. The zero-order chi connectivity index (χ0) is 15.2. The third kappa shape index (κ3) is 13.1. The summed E-state index contributed by atoms with van der Waals surface area (Å²) in [4.78, 5) is 21.6. The van der Waals surface area contributed by atoms with Crippen LogP contribution in [0.2, 0.25) is 0 Å². The first-order valence-electron chi connectivity index (χ1n) is 7.54. The molecular formula is C17H28O3. The molecule has 0 rings (SSSR count). The van der Waals surface area contributed by atoms with Crippen LogP contribution in [0.15, 0.2) is 24.3 Å². The normalized spacial score (nSPS) is 12.9. The predicted molar refractivity (Wildman–Crippen MR) is 82.5 cm³/mol. The third-order valence-corrected chi connectivity index (χ3v) is 2.97. The highest BCUT2D eigenvalue weighted by Gasteiger charge is 2.06. The zero-order valence-electron chi connectivity index (χ0n) is 13.1. The van der Waals surface area contributed by atoms with E-state index < -0.39 is 0 Å². The van der Waals surface area contributed by atoms with Gasteiger partial charge in [-0.25, -0.2) is 0 Å². The van der Waals surface area contributed by atoms with Crippen LogP contribution in [-0.2, 0) is 14.3 Å². The summed E-state index contributed by atoms with van der Waals surface area (Å²) in [5, 5.41) is 0. The molecular weight excluding hydrogens is 252 g/mol. The molecule has 1 unspecified atom stereocenters. The van der Waals surface area contributed by atoms with Gasteiger partial charge in [0.15, 0.2) is 0 Å². The average Bonchev–Trinajstić information content (AvgIpc) is 2.38. The number of unbranched alkanes of at least 4 members (excludes halogenated alkanes) is 3. The van der Waals surface area contributed by atoms with Crippen LogP contribution in [-0.4, -0.2) is 17.9 Å². The average molecular weight is 280 g/mol. The summed E-state index contributed by atoms with van der Waals surface area (Å²) in [7, 11) is 0. The number of allylic oxidation sites excluding steroid dienone is 3. The summed E-state index contributed by atoms with van der Waals surface area (Å²) in [5.74, 6) is 0.0630. The van der Waals surface area contributed by atoms with E-state index in [0.29, 0.717) is 6.42 Å². The molecule has 0 bridgehead atoms. The second-order valence-corrected chi connectivity index (χ2v) is 5.03. The number of hydrogen-bond acceptors (Lipinski definition) is 3. The van der Waals surface area contributed by atoms with Gasteiger partial charge in [0.1, 0.15) is 11.9 Å². The fourth-order valence-electron chi connectivity index (χ4n) is 1.83. The quantitative estimate of drug-likeness (QED) is 0.320. The van der Waals surface area contributed by atoms with E-state index in [-0.39, 0.29) is 17.9 Å². The molecule has 0 aliphatic rings. The molecule has 1 atom stereocenters. The first kappa shape index (κ1) is 18.6. The van der Waals surface area contributed by atoms with E-state index in [1.165, 1.54) is 6.92 Å². The van der Waals surface area contributed by atoms with Crippen LogP contribution in [0, 0.1) is 0 Å². The third-order valence-electron chi connectivity index (χ3n) is 2.97. The molecule has 0 saturated heterocycles. The standard InChI is InChI=1S/C17H28O3/c1-4-17(20-16(3)19)14-12-10-8-6-5-7-9-11-13-15(2)18/h6,8,10,12,17H,4-5,7,9,11,13-14H2,1-3H3/b8-6+,12-10+. The summed E-state index contributed by atoms with van der Waals surface area (Å²) < 4.78 is 5.15.